The van der Waals surface area contributed by atoms with Crippen LogP contribution in [0.4, 0.5) is 5.82 Å². The summed E-state index contributed by atoms with van der Waals surface area (Å²) in [4.78, 5) is 15.5. The number of pyridine rings is 1. The lowest BCUT2D eigenvalue weighted by Crippen LogP contribution is -2.13. The van der Waals surface area contributed by atoms with Gasteiger partial charge in [-0.3, -0.25) is 9.89 Å². The third kappa shape index (κ3) is 2.41. The molecule has 0 unspecified atom stereocenters. The van der Waals surface area contributed by atoms with Crippen LogP contribution in [0.1, 0.15) is 23.1 Å². The topological polar surface area (TPSA) is 90.9 Å². The molecule has 88 valence electrons. The third-order valence-electron chi connectivity index (χ3n) is 2.25. The average molecular weight is 232 g/mol. The zero-order valence-electron chi connectivity index (χ0n) is 9.27. The summed E-state index contributed by atoms with van der Waals surface area (Å²) in [6, 6.07) is 4.69. The molecule has 0 aliphatic carbocycles. The van der Waals surface area contributed by atoms with E-state index in [0.29, 0.717) is 5.82 Å². The van der Waals surface area contributed by atoms with E-state index in [-0.39, 0.29) is 11.4 Å². The Balaban J connectivity index is 2.14. The molecule has 0 bridgehead atoms. The lowest BCUT2D eigenvalue weighted by Gasteiger charge is -2.02. The Morgan fingerprint density at radius 2 is 2.41 bits per heavy atom. The van der Waals surface area contributed by atoms with Gasteiger partial charge in [0.15, 0.2) is 11.5 Å². The van der Waals surface area contributed by atoms with Gasteiger partial charge < -0.3 is 10.4 Å². The Bertz CT molecular complexity index is 536. The smallest absolute Gasteiger partial charge is 0.279 e. The fourth-order valence-corrected chi connectivity index (χ4v) is 1.35. The van der Waals surface area contributed by atoms with E-state index >= 15 is 0 Å². The van der Waals surface area contributed by atoms with Crippen molar-refractivity contribution in [2.75, 3.05) is 5.32 Å². The fraction of sp³-hybridized carbons (Fsp3) is 0.182. The van der Waals surface area contributed by atoms with Gasteiger partial charge in [0.2, 0.25) is 0 Å². The van der Waals surface area contributed by atoms with E-state index in [4.69, 9.17) is 0 Å². The van der Waals surface area contributed by atoms with Gasteiger partial charge in [-0.2, -0.15) is 5.10 Å². The highest BCUT2D eigenvalue weighted by molar-refractivity contribution is 6.04. The van der Waals surface area contributed by atoms with Gasteiger partial charge in [-0.15, -0.1) is 0 Å². The second kappa shape index (κ2) is 4.65. The fourth-order valence-electron chi connectivity index (χ4n) is 1.35. The maximum Gasteiger partial charge on any atom is 0.279 e. The number of nitrogens with zero attached hydrogens (tertiary/aromatic N) is 2. The summed E-state index contributed by atoms with van der Waals surface area (Å²) >= 11 is 0. The van der Waals surface area contributed by atoms with Crippen LogP contribution in [0.5, 0.6) is 5.75 Å². The molecule has 0 atom stereocenters. The molecular weight excluding hydrogens is 220 g/mol. The van der Waals surface area contributed by atoms with Crippen molar-refractivity contribution in [1.82, 2.24) is 15.2 Å². The average Bonchev–Trinajstić information content (AvgIpc) is 2.77. The normalized spacial score (nSPS) is 10.2. The van der Waals surface area contributed by atoms with E-state index in [1.54, 1.807) is 12.1 Å². The van der Waals surface area contributed by atoms with Crippen LogP contribution in [0, 0.1) is 0 Å². The van der Waals surface area contributed by atoms with Crippen LogP contribution in [0.3, 0.4) is 0 Å². The molecule has 0 saturated carbocycles. The molecule has 0 aliphatic heterocycles. The summed E-state index contributed by atoms with van der Waals surface area (Å²) in [5, 5.41) is 18.7. The molecule has 3 N–H and O–H groups in total. The molecule has 0 fully saturated rings. The lowest BCUT2D eigenvalue weighted by atomic mass is 10.3. The van der Waals surface area contributed by atoms with E-state index in [0.717, 1.165) is 12.1 Å². The molecular formula is C11H12N4O2. The Hall–Kier alpha value is -2.37. The first kappa shape index (κ1) is 11.1. The first-order valence-electron chi connectivity index (χ1n) is 5.20. The Morgan fingerprint density at radius 1 is 1.59 bits per heavy atom. The second-order valence-electron chi connectivity index (χ2n) is 3.46. The van der Waals surface area contributed by atoms with Crippen molar-refractivity contribution in [1.29, 1.82) is 0 Å². The summed E-state index contributed by atoms with van der Waals surface area (Å²) in [5.41, 5.74) is 0.902. The maximum absolute atomic E-state index is 11.7. The number of carbonyl (C=O) groups excluding carboxylic acids is 1. The number of nitrogens with one attached hydrogen (secondary N) is 2. The number of H-pyrrole nitrogens is 1. The number of amides is 1. The monoisotopic (exact) mass is 232 g/mol. The van der Waals surface area contributed by atoms with Gasteiger partial charge in [-0.25, -0.2) is 4.98 Å². The maximum atomic E-state index is 11.7. The van der Waals surface area contributed by atoms with Crippen LogP contribution in [-0.4, -0.2) is 26.2 Å². The quantitative estimate of drug-likeness (QED) is 0.744. The molecule has 0 spiro atoms. The zero-order chi connectivity index (χ0) is 12.3. The molecule has 0 radical (unpaired) electrons. The number of aromatic hydroxyl groups is 1. The number of hydrogen-bond acceptors (Lipinski definition) is 4. The van der Waals surface area contributed by atoms with Crippen LogP contribution >= 0.6 is 0 Å². The number of aromatic nitrogens is 3. The number of rotatable bonds is 3. The predicted molar refractivity (Wildman–Crippen MR) is 61.8 cm³/mol. The van der Waals surface area contributed by atoms with E-state index in [9.17, 15) is 9.90 Å². The number of anilines is 1. The van der Waals surface area contributed by atoms with Crippen LogP contribution < -0.4 is 5.32 Å². The van der Waals surface area contributed by atoms with E-state index < -0.39 is 5.91 Å². The SMILES string of the molecule is CCc1cc(NC(=O)c2ncccc2O)n[nH]1. The Kier molecular flexibility index (Phi) is 3.04. The molecule has 2 aromatic heterocycles. The summed E-state index contributed by atoms with van der Waals surface area (Å²) in [6.45, 7) is 1.98. The van der Waals surface area contributed by atoms with Gasteiger partial charge in [0.25, 0.3) is 5.91 Å². The van der Waals surface area contributed by atoms with Crippen molar-refractivity contribution in [2.24, 2.45) is 0 Å². The first-order chi connectivity index (χ1) is 8.20. The van der Waals surface area contributed by atoms with Crippen molar-refractivity contribution in [3.05, 3.63) is 35.8 Å². The molecule has 2 rings (SSSR count). The molecule has 0 aliphatic rings. The summed E-state index contributed by atoms with van der Waals surface area (Å²) < 4.78 is 0. The molecule has 2 aromatic rings. The van der Waals surface area contributed by atoms with Gasteiger partial charge in [0.1, 0.15) is 5.75 Å². The Labute approximate surface area is 97.7 Å². The number of aryl methyl sites for hydroxylation is 1. The molecule has 6 nitrogen and oxygen atoms in total. The van der Waals surface area contributed by atoms with Gasteiger partial charge in [-0.1, -0.05) is 6.92 Å². The number of hydrogen-bond donors (Lipinski definition) is 3. The van der Waals surface area contributed by atoms with E-state index in [2.05, 4.69) is 20.5 Å². The van der Waals surface area contributed by atoms with Crippen LogP contribution in [-0.2, 0) is 6.42 Å². The van der Waals surface area contributed by atoms with Gasteiger partial charge >= 0.3 is 0 Å². The van der Waals surface area contributed by atoms with Crippen LogP contribution in [0.15, 0.2) is 24.4 Å². The van der Waals surface area contributed by atoms with Crippen molar-refractivity contribution in [2.45, 2.75) is 13.3 Å². The molecule has 0 saturated heterocycles. The highest BCUT2D eigenvalue weighted by atomic mass is 16.3. The third-order valence-corrected chi connectivity index (χ3v) is 2.25. The first-order valence-corrected chi connectivity index (χ1v) is 5.20. The number of aromatic amines is 1. The summed E-state index contributed by atoms with van der Waals surface area (Å²) in [5.74, 6) is -0.231. The minimum absolute atomic E-state index is 0.0199. The predicted octanol–water partition coefficient (Wildman–Crippen LogP) is 1.32. The van der Waals surface area contributed by atoms with E-state index in [1.807, 2.05) is 6.92 Å². The van der Waals surface area contributed by atoms with Crippen LogP contribution in [0.25, 0.3) is 0 Å². The van der Waals surface area contributed by atoms with Gasteiger partial charge in [0, 0.05) is 18.0 Å². The van der Waals surface area contributed by atoms with Gasteiger partial charge in [-0.05, 0) is 18.6 Å². The van der Waals surface area contributed by atoms with Crippen LogP contribution in [0.2, 0.25) is 0 Å². The summed E-state index contributed by atoms with van der Waals surface area (Å²) in [7, 11) is 0. The molecule has 1 amide bonds. The van der Waals surface area contributed by atoms with E-state index in [1.165, 1.54) is 12.3 Å². The van der Waals surface area contributed by atoms with Crippen molar-refractivity contribution < 1.29 is 9.90 Å². The summed E-state index contributed by atoms with van der Waals surface area (Å²) in [6.07, 6.45) is 2.24. The van der Waals surface area contributed by atoms with Crippen molar-refractivity contribution in [3.63, 3.8) is 0 Å². The van der Waals surface area contributed by atoms with Crippen molar-refractivity contribution >= 4 is 11.7 Å². The standard InChI is InChI=1S/C11H12N4O2/c1-2-7-6-9(15-14-7)13-11(17)10-8(16)4-3-5-12-10/h3-6,16H,2H2,1H3,(H2,13,14,15,17). The van der Waals surface area contributed by atoms with Crippen molar-refractivity contribution in [3.8, 4) is 5.75 Å². The van der Waals surface area contributed by atoms with Gasteiger partial charge in [0.05, 0.1) is 0 Å². The minimum atomic E-state index is -0.489. The second-order valence-corrected chi connectivity index (χ2v) is 3.46. The molecule has 6 heteroatoms. The molecule has 17 heavy (non-hydrogen) atoms. The highest BCUT2D eigenvalue weighted by Crippen LogP contribution is 2.14. The minimum Gasteiger partial charge on any atom is -0.505 e. The number of carbonyl (C=O) groups is 1. The molecule has 0 aromatic carbocycles. The zero-order valence-corrected chi connectivity index (χ0v) is 9.27. The lowest BCUT2D eigenvalue weighted by molar-refractivity contribution is 0.101. The largest absolute Gasteiger partial charge is 0.505 e. The molecule has 2 heterocycles. The highest BCUT2D eigenvalue weighted by Gasteiger charge is 2.13. The Morgan fingerprint density at radius 3 is 3.06 bits per heavy atom.